The molecule has 1 unspecified atom stereocenters. The standard InChI is InChI=1S/C19H41N3O3/c1-4-18(3)21-19-6-9-22(10-7-19)11-13-24-15-17-25-16-14-23-12-8-20-5-2/h18-21H,4-17H2,1-3H3. The number of hydrogen-bond acceptors (Lipinski definition) is 6. The smallest absolute Gasteiger partial charge is 0.0701 e. The average molecular weight is 360 g/mol. The lowest BCUT2D eigenvalue weighted by molar-refractivity contribution is 0.00983. The minimum Gasteiger partial charge on any atom is -0.378 e. The van der Waals surface area contributed by atoms with E-state index in [9.17, 15) is 0 Å². The number of ether oxygens (including phenoxy) is 3. The van der Waals surface area contributed by atoms with Gasteiger partial charge in [0.15, 0.2) is 0 Å². The maximum Gasteiger partial charge on any atom is 0.0701 e. The highest BCUT2D eigenvalue weighted by Crippen LogP contribution is 2.11. The summed E-state index contributed by atoms with van der Waals surface area (Å²) in [5.41, 5.74) is 0. The molecule has 0 aromatic carbocycles. The quantitative estimate of drug-likeness (QED) is 0.407. The Bertz CT molecular complexity index is 287. The van der Waals surface area contributed by atoms with Gasteiger partial charge >= 0.3 is 0 Å². The molecule has 0 spiro atoms. The van der Waals surface area contributed by atoms with Gasteiger partial charge < -0.3 is 29.7 Å². The molecular weight excluding hydrogens is 318 g/mol. The van der Waals surface area contributed by atoms with E-state index >= 15 is 0 Å². The molecule has 0 saturated carbocycles. The van der Waals surface area contributed by atoms with E-state index in [-0.39, 0.29) is 0 Å². The summed E-state index contributed by atoms with van der Waals surface area (Å²) in [6.07, 6.45) is 3.71. The van der Waals surface area contributed by atoms with E-state index < -0.39 is 0 Å². The second-order valence-corrected chi connectivity index (χ2v) is 6.78. The first-order chi connectivity index (χ1) is 12.3. The summed E-state index contributed by atoms with van der Waals surface area (Å²) in [7, 11) is 0. The second kappa shape index (κ2) is 16.0. The third-order valence-electron chi connectivity index (χ3n) is 4.69. The zero-order chi connectivity index (χ0) is 18.2. The van der Waals surface area contributed by atoms with E-state index in [4.69, 9.17) is 14.2 Å². The predicted octanol–water partition coefficient (Wildman–Crippen LogP) is 1.50. The van der Waals surface area contributed by atoms with Crippen LogP contribution in [0, 0.1) is 0 Å². The van der Waals surface area contributed by atoms with Crippen LogP contribution in [0.15, 0.2) is 0 Å². The van der Waals surface area contributed by atoms with Crippen LogP contribution in [0.5, 0.6) is 0 Å². The van der Waals surface area contributed by atoms with Crippen LogP contribution in [-0.4, -0.2) is 89.3 Å². The summed E-state index contributed by atoms with van der Waals surface area (Å²) in [6, 6.07) is 1.33. The van der Waals surface area contributed by atoms with Crippen molar-refractivity contribution in [3.8, 4) is 0 Å². The molecule has 6 nitrogen and oxygen atoms in total. The van der Waals surface area contributed by atoms with Crippen molar-refractivity contribution in [2.75, 3.05) is 72.4 Å². The summed E-state index contributed by atoms with van der Waals surface area (Å²) in [5.74, 6) is 0. The molecule has 1 heterocycles. The van der Waals surface area contributed by atoms with Crippen LogP contribution in [0.25, 0.3) is 0 Å². The van der Waals surface area contributed by atoms with Crippen molar-refractivity contribution in [3.05, 3.63) is 0 Å². The largest absolute Gasteiger partial charge is 0.378 e. The van der Waals surface area contributed by atoms with E-state index in [0.717, 1.165) is 32.8 Å². The summed E-state index contributed by atoms with van der Waals surface area (Å²) < 4.78 is 16.6. The second-order valence-electron chi connectivity index (χ2n) is 6.78. The summed E-state index contributed by atoms with van der Waals surface area (Å²) in [5, 5.41) is 6.94. The van der Waals surface area contributed by atoms with Gasteiger partial charge in [-0.15, -0.1) is 0 Å². The molecular formula is C19H41N3O3. The van der Waals surface area contributed by atoms with Crippen molar-refractivity contribution in [2.24, 2.45) is 0 Å². The molecule has 150 valence electrons. The van der Waals surface area contributed by atoms with Gasteiger partial charge in [-0.25, -0.2) is 0 Å². The molecule has 2 N–H and O–H groups in total. The molecule has 0 aromatic heterocycles. The minimum atomic E-state index is 0.637. The Hall–Kier alpha value is -0.240. The van der Waals surface area contributed by atoms with Gasteiger partial charge in [-0.3, -0.25) is 0 Å². The van der Waals surface area contributed by atoms with E-state index in [1.807, 2.05) is 0 Å². The van der Waals surface area contributed by atoms with E-state index in [2.05, 4.69) is 36.3 Å². The molecule has 6 heteroatoms. The Kier molecular flexibility index (Phi) is 14.6. The zero-order valence-corrected chi connectivity index (χ0v) is 16.7. The molecule has 1 fully saturated rings. The Morgan fingerprint density at radius 2 is 1.52 bits per heavy atom. The molecule has 1 rings (SSSR count). The monoisotopic (exact) mass is 359 g/mol. The lowest BCUT2D eigenvalue weighted by atomic mass is 10.0. The molecule has 0 amide bonds. The molecule has 1 saturated heterocycles. The van der Waals surface area contributed by atoms with Crippen molar-refractivity contribution in [1.82, 2.24) is 15.5 Å². The number of piperidine rings is 1. The van der Waals surface area contributed by atoms with E-state index in [1.54, 1.807) is 0 Å². The number of hydrogen-bond donors (Lipinski definition) is 2. The number of likely N-dealkylation sites (tertiary alicyclic amines) is 1. The predicted molar refractivity (Wildman–Crippen MR) is 103 cm³/mol. The topological polar surface area (TPSA) is 55.0 Å². The van der Waals surface area contributed by atoms with Crippen LogP contribution in [0.3, 0.4) is 0 Å². The van der Waals surface area contributed by atoms with Crippen LogP contribution < -0.4 is 10.6 Å². The molecule has 0 bridgehead atoms. The number of nitrogens with zero attached hydrogens (tertiary/aromatic N) is 1. The fraction of sp³-hybridized carbons (Fsp3) is 1.00. The van der Waals surface area contributed by atoms with Crippen LogP contribution in [0.2, 0.25) is 0 Å². The fourth-order valence-corrected chi connectivity index (χ4v) is 2.90. The zero-order valence-electron chi connectivity index (χ0n) is 16.7. The third-order valence-corrected chi connectivity index (χ3v) is 4.69. The van der Waals surface area contributed by atoms with Crippen molar-refractivity contribution in [3.63, 3.8) is 0 Å². The van der Waals surface area contributed by atoms with Crippen LogP contribution in [0.4, 0.5) is 0 Å². The fourth-order valence-electron chi connectivity index (χ4n) is 2.90. The van der Waals surface area contributed by atoms with Gasteiger partial charge in [-0.1, -0.05) is 13.8 Å². The Morgan fingerprint density at radius 1 is 0.920 bits per heavy atom. The van der Waals surface area contributed by atoms with Crippen LogP contribution >= 0.6 is 0 Å². The maximum absolute atomic E-state index is 5.67. The number of likely N-dealkylation sites (N-methyl/N-ethyl adjacent to an activating group) is 1. The Morgan fingerprint density at radius 3 is 2.12 bits per heavy atom. The summed E-state index contributed by atoms with van der Waals surface area (Å²) in [4.78, 5) is 2.51. The van der Waals surface area contributed by atoms with Crippen molar-refractivity contribution in [1.29, 1.82) is 0 Å². The first kappa shape index (κ1) is 22.8. The molecule has 1 aliphatic heterocycles. The highest BCUT2D eigenvalue weighted by Gasteiger charge is 2.19. The average Bonchev–Trinajstić information content (AvgIpc) is 2.64. The van der Waals surface area contributed by atoms with Gasteiger partial charge in [0.2, 0.25) is 0 Å². The summed E-state index contributed by atoms with van der Waals surface area (Å²) in [6.45, 7) is 16.1. The van der Waals surface area contributed by atoms with Gasteiger partial charge in [0.1, 0.15) is 0 Å². The van der Waals surface area contributed by atoms with Gasteiger partial charge in [0.05, 0.1) is 39.6 Å². The first-order valence-electron chi connectivity index (χ1n) is 10.2. The van der Waals surface area contributed by atoms with Gasteiger partial charge in [0, 0.05) is 25.2 Å². The third kappa shape index (κ3) is 12.7. The van der Waals surface area contributed by atoms with Crippen molar-refractivity contribution >= 4 is 0 Å². The number of nitrogens with one attached hydrogen (secondary N) is 2. The normalized spacial score (nSPS) is 17.9. The highest BCUT2D eigenvalue weighted by molar-refractivity contribution is 4.78. The SMILES string of the molecule is CCNCCOCCOCCOCCN1CCC(NC(C)CC)CC1. The van der Waals surface area contributed by atoms with Crippen LogP contribution in [-0.2, 0) is 14.2 Å². The molecule has 0 aliphatic carbocycles. The Labute approximate surface area is 155 Å². The molecule has 0 aromatic rings. The maximum atomic E-state index is 5.67. The summed E-state index contributed by atoms with van der Waals surface area (Å²) >= 11 is 0. The Balaban J connectivity index is 1.82. The van der Waals surface area contributed by atoms with Gasteiger partial charge in [-0.2, -0.15) is 0 Å². The molecule has 1 atom stereocenters. The first-order valence-corrected chi connectivity index (χ1v) is 10.2. The molecule has 25 heavy (non-hydrogen) atoms. The highest BCUT2D eigenvalue weighted by atomic mass is 16.5. The van der Waals surface area contributed by atoms with Gasteiger partial charge in [-0.05, 0) is 45.8 Å². The van der Waals surface area contributed by atoms with Crippen molar-refractivity contribution < 1.29 is 14.2 Å². The lowest BCUT2D eigenvalue weighted by Gasteiger charge is -2.33. The molecule has 0 radical (unpaired) electrons. The van der Waals surface area contributed by atoms with E-state index in [0.29, 0.717) is 38.5 Å². The number of rotatable bonds is 16. The van der Waals surface area contributed by atoms with Crippen LogP contribution in [0.1, 0.15) is 40.0 Å². The van der Waals surface area contributed by atoms with Crippen molar-refractivity contribution in [2.45, 2.75) is 52.1 Å². The molecule has 1 aliphatic rings. The lowest BCUT2D eigenvalue weighted by Crippen LogP contribution is -2.46. The minimum absolute atomic E-state index is 0.637. The van der Waals surface area contributed by atoms with Gasteiger partial charge in [0.25, 0.3) is 0 Å². The van der Waals surface area contributed by atoms with E-state index in [1.165, 1.54) is 32.4 Å².